The topological polar surface area (TPSA) is 324 Å². The maximum Gasteiger partial charge on any atom is 0.311 e. The van der Waals surface area contributed by atoms with Gasteiger partial charge in [0.2, 0.25) is 0 Å². The molecule has 27 heteroatoms. The maximum atomic E-state index is 14.9. The first-order chi connectivity index (χ1) is 55.1. The van der Waals surface area contributed by atoms with Crippen LogP contribution in [0.25, 0.3) is 17.0 Å². The van der Waals surface area contributed by atoms with Gasteiger partial charge in [-0.1, -0.05) is 78.8 Å². The summed E-state index contributed by atoms with van der Waals surface area (Å²) in [5.41, 5.74) is -5.50. The van der Waals surface area contributed by atoms with Crippen molar-refractivity contribution in [1.82, 2.24) is 20.1 Å². The minimum absolute atomic E-state index is 0.0301. The van der Waals surface area contributed by atoms with Crippen molar-refractivity contribution >= 4 is 34.7 Å². The van der Waals surface area contributed by atoms with Crippen LogP contribution in [0, 0.1) is 41.4 Å². The molecule has 0 aliphatic carbocycles. The van der Waals surface area contributed by atoms with E-state index in [1.807, 2.05) is 117 Å². The van der Waals surface area contributed by atoms with Gasteiger partial charge in [0.25, 0.3) is 0 Å². The number of likely N-dealkylation sites (N-methyl/N-ethyl adjacent to an activating group) is 3. The number of para-hydroxylation sites is 1. The molecular weight excluding hydrogens is 1530 g/mol. The maximum absolute atomic E-state index is 14.9. The van der Waals surface area contributed by atoms with E-state index in [-0.39, 0.29) is 72.9 Å². The van der Waals surface area contributed by atoms with E-state index in [0.717, 1.165) is 16.5 Å². The number of quaternary nitrogens is 1. The number of ketones is 1. The van der Waals surface area contributed by atoms with Crippen LogP contribution in [-0.2, 0) is 76.0 Å². The van der Waals surface area contributed by atoms with Crippen molar-refractivity contribution in [3.8, 4) is 0 Å². The van der Waals surface area contributed by atoms with Crippen molar-refractivity contribution in [2.75, 3.05) is 68.7 Å². The number of nitrogens with zero attached hydrogens (tertiary/aromatic N) is 4. The van der Waals surface area contributed by atoms with E-state index in [1.165, 1.54) is 7.11 Å². The third kappa shape index (κ3) is 22.6. The van der Waals surface area contributed by atoms with Gasteiger partial charge < -0.3 is 107 Å². The highest BCUT2D eigenvalue weighted by Crippen LogP contribution is 2.50. The molecule has 2 bridgehead atoms. The van der Waals surface area contributed by atoms with E-state index < -0.39 is 179 Å². The zero-order valence-corrected chi connectivity index (χ0v) is 77.9. The summed E-state index contributed by atoms with van der Waals surface area (Å²) < 4.78 is 86.4. The van der Waals surface area contributed by atoms with Crippen molar-refractivity contribution in [3.63, 3.8) is 0 Å². The zero-order valence-electron chi connectivity index (χ0n) is 77.9. The number of nitrogens with one attached hydrogen (secondary N) is 1. The van der Waals surface area contributed by atoms with Crippen LogP contribution >= 0.6 is 0 Å². The van der Waals surface area contributed by atoms with Gasteiger partial charge in [0, 0.05) is 112 Å². The molecule has 27 nitrogen and oxygen atoms in total. The van der Waals surface area contributed by atoms with E-state index in [0.29, 0.717) is 62.6 Å². The van der Waals surface area contributed by atoms with Crippen LogP contribution in [-0.4, -0.2) is 304 Å². The van der Waals surface area contributed by atoms with Crippen LogP contribution in [0.15, 0.2) is 42.6 Å². The highest BCUT2D eigenvalue weighted by molar-refractivity contribution is 5.84. The van der Waals surface area contributed by atoms with Gasteiger partial charge in [-0.3, -0.25) is 24.3 Å². The minimum atomic E-state index is -1.85. The minimum Gasteiger partial charge on any atom is -0.459 e. The number of methoxy groups -OCH3 is 2. The molecule has 7 saturated heterocycles. The summed E-state index contributed by atoms with van der Waals surface area (Å²) in [5.74, 6) is -6.82. The number of Topliss-reactive ketones (excluding diaryl/α,β-unsaturated/α-hetero) is 1. The molecule has 32 atom stereocenters. The van der Waals surface area contributed by atoms with Gasteiger partial charge in [-0.25, -0.2) is 0 Å². The molecule has 7 fully saturated rings. The predicted molar refractivity (Wildman–Crippen MR) is 455 cm³/mol. The second kappa shape index (κ2) is 40.0. The highest BCUT2D eigenvalue weighted by Gasteiger charge is 2.61. The number of carbonyl (C=O) groups excluding carboxylic acids is 3. The number of aliphatic hydroxyl groups is 6. The molecule has 1 aromatic carbocycles. The molecule has 7 aliphatic rings. The van der Waals surface area contributed by atoms with Gasteiger partial charge in [-0.15, -0.1) is 0 Å². The number of carbonyl (C=O) groups is 3. The molecule has 7 N–H and O–H groups in total. The lowest BCUT2D eigenvalue weighted by atomic mass is 9.73. The average Bonchev–Trinajstić information content (AvgIpc) is 1.07. The molecule has 119 heavy (non-hydrogen) atoms. The Morgan fingerprint density at radius 2 is 1.26 bits per heavy atom. The number of benzene rings is 1. The number of ether oxygens (including phenoxy) is 13. The normalized spacial score (nSPS) is 42.7. The lowest BCUT2D eigenvalue weighted by Gasteiger charge is -2.54. The first kappa shape index (κ1) is 101. The number of esters is 2. The second-order valence-corrected chi connectivity index (χ2v) is 40.3. The number of cyclic esters (lactones) is 2. The Bertz CT molecular complexity index is 3620. The molecule has 2 aromatic rings. The van der Waals surface area contributed by atoms with Crippen LogP contribution in [0.1, 0.15) is 230 Å². The first-order valence-electron chi connectivity index (χ1n) is 44.3. The fourth-order valence-corrected chi connectivity index (χ4v) is 20.1. The Balaban J connectivity index is 0.000000312. The third-order valence-corrected chi connectivity index (χ3v) is 28.8. The number of pyridine rings is 1. The zero-order chi connectivity index (χ0) is 89.2. The summed E-state index contributed by atoms with van der Waals surface area (Å²) in [7, 11) is 11.3. The highest BCUT2D eigenvalue weighted by atomic mass is 16.8. The fraction of sp³-hybridized carbons (Fsp3) is 0.848. The van der Waals surface area contributed by atoms with E-state index in [1.54, 1.807) is 68.7 Å². The van der Waals surface area contributed by atoms with E-state index in [9.17, 15) is 45.0 Å². The predicted octanol–water partition coefficient (Wildman–Crippen LogP) is 10.3. The van der Waals surface area contributed by atoms with Crippen LogP contribution in [0.4, 0.5) is 0 Å². The van der Waals surface area contributed by atoms with Crippen LogP contribution in [0.3, 0.4) is 0 Å². The van der Waals surface area contributed by atoms with Gasteiger partial charge in [-0.2, -0.15) is 0 Å². The number of piperidine rings is 1. The summed E-state index contributed by atoms with van der Waals surface area (Å²) in [6.07, 6.45) is -5.69. The van der Waals surface area contributed by atoms with Crippen molar-refractivity contribution in [2.24, 2.45) is 41.4 Å². The quantitative estimate of drug-likeness (QED) is 0.0607. The molecule has 0 saturated carbocycles. The molecule has 9 rings (SSSR count). The molecular formula is C92H158N5O22+. The summed E-state index contributed by atoms with van der Waals surface area (Å²) >= 11 is 0. The number of fused-ring (bicyclic) bond motifs is 4. The first-order valence-corrected chi connectivity index (χ1v) is 44.3. The number of aromatic nitrogens is 1. The summed E-state index contributed by atoms with van der Waals surface area (Å²) in [6.45, 7) is 48.1. The third-order valence-electron chi connectivity index (χ3n) is 28.8. The van der Waals surface area contributed by atoms with Crippen molar-refractivity contribution in [3.05, 3.63) is 48.2 Å². The molecule has 1 spiro atoms. The Morgan fingerprint density at radius 3 is 1.85 bits per heavy atom. The number of hydrogen-bond donors (Lipinski definition) is 7. The fourth-order valence-electron chi connectivity index (χ4n) is 20.1. The Labute approximate surface area is 712 Å². The van der Waals surface area contributed by atoms with Crippen molar-refractivity contribution in [1.29, 1.82) is 0 Å². The van der Waals surface area contributed by atoms with Gasteiger partial charge in [0.15, 0.2) is 30.8 Å². The molecule has 682 valence electrons. The molecule has 0 unspecified atom stereocenters. The monoisotopic (exact) mass is 1690 g/mol. The summed E-state index contributed by atoms with van der Waals surface area (Å²) in [5, 5.41) is 75.6. The molecule has 0 radical (unpaired) electrons. The van der Waals surface area contributed by atoms with Crippen LogP contribution in [0.5, 0.6) is 0 Å². The van der Waals surface area contributed by atoms with E-state index >= 15 is 0 Å². The Kier molecular flexibility index (Phi) is 33.8. The number of rotatable bonds is 16. The van der Waals surface area contributed by atoms with Gasteiger partial charge >= 0.3 is 11.9 Å². The van der Waals surface area contributed by atoms with Gasteiger partial charge in [0.05, 0.1) is 109 Å². The average molecular weight is 1690 g/mol. The van der Waals surface area contributed by atoms with Crippen molar-refractivity contribution in [2.45, 2.75) is 391 Å². The number of aliphatic hydroxyl groups excluding tert-OH is 4. The van der Waals surface area contributed by atoms with Crippen LogP contribution in [0.2, 0.25) is 0 Å². The lowest BCUT2D eigenvalue weighted by Crippen LogP contribution is -2.69. The largest absolute Gasteiger partial charge is 0.459 e. The molecule has 7 aliphatic heterocycles. The Hall–Kier alpha value is -3.86. The van der Waals surface area contributed by atoms with Gasteiger partial charge in [0.1, 0.15) is 53.5 Å². The SMILES string of the molecule is CC[C@H]1OC(=O)[C@H](C)[C@@H](O[C@H]2C[C@@](C)(OC)[C@@H](O)[C@H](C)O2)[C@H](C)[C@@H](O[C@@H]2O[C@H](C)C[C@H]([N+](C)(C)C(C)(C)C)[C@H]2O)[C@](C)(OC)C[C@@H](C)C(=O)[C@H](C)[C@@H](OC/C=C/c2cnc3ccccc3c2)[C@]1(C)O.CC[C@H]1OC(=O)[C@H](C)[C@H]2OC3(CCNCC3)O[C@@](C)(C[C@@H](C)CN(C)[C@H](C)[C@@H](O)[C@]1(C)O)[C@H](O[C@@H]1O[C@H](C)C[C@H](N(C)C(C)(C)C)[C@H]1O)[C@H]2C. The summed E-state index contributed by atoms with van der Waals surface area (Å²) in [6, 6.07) is 8.93. The number of hydrogen-bond acceptors (Lipinski definition) is 26. The molecule has 8 heterocycles. The molecule has 0 amide bonds. The standard InChI is InChI=1S/C54H87N2O13.C38H71N3O9/c1-18-41-54(13,61)48(64-25-21-22-37-27-38-23-19-20-24-39(38)55-30-37)33(4)43(57)31(2)28-53(12,63-17)47(69-50-44(58)40(26-32(3)65-50)56(14,15)51(8,9)10)34(5)45(35(6)49(60)67-41)68-42-29-52(11,62-16)46(59)36(7)66-42;1-14-28-37(11,45)31(43)26(6)40(12)21-22(2)20-36(10)32(48-34-29(42)27(19-23(3)46-34)41(13)35(7,8)9)24(4)30(25(5)33(44)47-28)49-38(50-36)15-17-39-18-16-38/h19-24,27,30-36,40-42,44-48,50,58-59,61H,18,25-26,28-29H2,1-17H3;22-32,34,39,42-43,45H,14-21H2,1-13H3/q+1;/b22-21+;/t31-,32-,33+,34+,35-,36+,40+,41-,42+,44-,45+,46+,47-,48-,50+,52-,53-,54-;22-,23-,24+,25-,26-,27+,28-,29-,30+,31-,32-,34+,36+,37-/m11/s1. The molecule has 1 aromatic heterocycles. The van der Waals surface area contributed by atoms with Crippen molar-refractivity contribution < 1.29 is 111 Å². The van der Waals surface area contributed by atoms with E-state index in [2.05, 4.69) is 84.7 Å². The van der Waals surface area contributed by atoms with Crippen LogP contribution < -0.4 is 5.32 Å². The Morgan fingerprint density at radius 1 is 0.689 bits per heavy atom. The van der Waals surface area contributed by atoms with Gasteiger partial charge in [-0.05, 0) is 188 Å². The second-order valence-electron chi connectivity index (χ2n) is 40.3. The lowest BCUT2D eigenvalue weighted by molar-refractivity contribution is -0.964. The van der Waals surface area contributed by atoms with E-state index in [4.69, 9.17) is 61.6 Å². The smallest absolute Gasteiger partial charge is 0.311 e. The summed E-state index contributed by atoms with van der Waals surface area (Å²) in [4.78, 5) is 52.7.